The molecule has 0 radical (unpaired) electrons. The molecular weight excluding hydrogens is 779 g/mol. The lowest BCUT2D eigenvalue weighted by Crippen LogP contribution is -2.00. The van der Waals surface area contributed by atoms with Gasteiger partial charge in [-0.25, -0.2) is 29.9 Å². The average molecular weight is 812 g/mol. The first-order chi connectivity index (χ1) is 30.7. The molecule has 290 valence electrons. The van der Waals surface area contributed by atoms with E-state index in [2.05, 4.69) is 114 Å². The van der Waals surface area contributed by atoms with Gasteiger partial charge in [-0.2, -0.15) is 0 Å². The summed E-state index contributed by atoms with van der Waals surface area (Å²) in [5.74, 6) is 3.77. The van der Waals surface area contributed by atoms with Crippen LogP contribution in [0, 0.1) is 0 Å². The Hall–Kier alpha value is -8.20. The predicted molar refractivity (Wildman–Crippen MR) is 253 cm³/mol. The third kappa shape index (κ3) is 6.29. The largest absolute Gasteiger partial charge is 0.309 e. The maximum absolute atomic E-state index is 5.19. The molecule has 0 saturated carbocycles. The van der Waals surface area contributed by atoms with Crippen LogP contribution in [0.3, 0.4) is 0 Å². The van der Waals surface area contributed by atoms with Crippen molar-refractivity contribution in [2.75, 3.05) is 0 Å². The van der Waals surface area contributed by atoms with Crippen molar-refractivity contribution in [2.45, 2.75) is 0 Å². The van der Waals surface area contributed by atoms with E-state index in [4.69, 9.17) is 29.9 Å². The highest BCUT2D eigenvalue weighted by molar-refractivity contribution is 7.25. The molecule has 0 aliphatic rings. The van der Waals surface area contributed by atoms with E-state index in [1.807, 2.05) is 91.0 Å². The summed E-state index contributed by atoms with van der Waals surface area (Å²) in [6.07, 6.45) is 0. The monoisotopic (exact) mass is 811 g/mol. The van der Waals surface area contributed by atoms with Crippen LogP contribution in [-0.2, 0) is 0 Å². The molecule has 0 spiro atoms. The molecule has 12 aromatic rings. The molecule has 0 unspecified atom stereocenters. The fraction of sp³-hybridized carbons (Fsp3) is 0. The fourth-order valence-electron chi connectivity index (χ4n) is 8.31. The van der Waals surface area contributed by atoms with Gasteiger partial charge in [0.1, 0.15) is 0 Å². The molecule has 0 saturated heterocycles. The van der Waals surface area contributed by atoms with E-state index in [-0.39, 0.29) is 0 Å². The number of fused-ring (bicyclic) bond motifs is 6. The first kappa shape index (κ1) is 35.7. The van der Waals surface area contributed by atoms with Crippen LogP contribution in [0.15, 0.2) is 200 Å². The molecule has 4 aromatic heterocycles. The molecule has 0 N–H and O–H groups in total. The van der Waals surface area contributed by atoms with E-state index in [0.717, 1.165) is 71.0 Å². The summed E-state index contributed by atoms with van der Waals surface area (Å²) in [6.45, 7) is 0. The number of para-hydroxylation sites is 2. The number of benzene rings is 8. The minimum absolute atomic E-state index is 0.618. The number of hydrogen-bond donors (Lipinski definition) is 0. The molecule has 0 bridgehead atoms. The van der Waals surface area contributed by atoms with Gasteiger partial charge in [0, 0.05) is 70.0 Å². The van der Waals surface area contributed by atoms with Crippen molar-refractivity contribution < 1.29 is 0 Å². The third-order valence-electron chi connectivity index (χ3n) is 11.3. The lowest BCUT2D eigenvalue weighted by Gasteiger charge is -2.10. The summed E-state index contributed by atoms with van der Waals surface area (Å²) in [7, 11) is 0. The topological polar surface area (TPSA) is 82.3 Å². The molecular formula is C54H33N7S. The van der Waals surface area contributed by atoms with Crippen LogP contribution in [0.25, 0.3) is 116 Å². The van der Waals surface area contributed by atoms with E-state index >= 15 is 0 Å². The fourth-order valence-corrected chi connectivity index (χ4v) is 9.44. The van der Waals surface area contributed by atoms with Crippen LogP contribution >= 0.6 is 11.3 Å². The SMILES string of the molecule is c1ccc(-c2nc(-c3ccccc3)nc(-c3ccc4sc5cc(-c6nc(-c7ccccc7)nc(-c7ccc8c(c7)c7ccccc7n8-c7ccccc7)n6)ccc5c4c3)n2)cc1. The summed E-state index contributed by atoms with van der Waals surface area (Å²) >= 11 is 1.75. The Morgan fingerprint density at radius 1 is 0.274 bits per heavy atom. The number of nitrogens with zero attached hydrogens (tertiary/aromatic N) is 7. The van der Waals surface area contributed by atoms with E-state index in [9.17, 15) is 0 Å². The maximum Gasteiger partial charge on any atom is 0.164 e. The van der Waals surface area contributed by atoms with E-state index in [1.54, 1.807) is 11.3 Å². The second kappa shape index (κ2) is 14.8. The number of hydrogen-bond acceptors (Lipinski definition) is 7. The second-order valence-corrected chi connectivity index (χ2v) is 16.2. The average Bonchev–Trinajstić information content (AvgIpc) is 3.89. The number of thiophene rings is 1. The molecule has 4 heterocycles. The van der Waals surface area contributed by atoms with Crippen LogP contribution in [-0.4, -0.2) is 34.5 Å². The summed E-state index contributed by atoms with van der Waals surface area (Å²) in [6, 6.07) is 68.8. The van der Waals surface area contributed by atoms with Gasteiger partial charge in [-0.15, -0.1) is 11.3 Å². The van der Waals surface area contributed by atoms with Crippen molar-refractivity contribution in [1.82, 2.24) is 34.5 Å². The van der Waals surface area contributed by atoms with Crippen LogP contribution < -0.4 is 0 Å². The van der Waals surface area contributed by atoms with Crippen LogP contribution in [0.4, 0.5) is 0 Å². The lowest BCUT2D eigenvalue weighted by atomic mass is 10.1. The second-order valence-electron chi connectivity index (χ2n) is 15.2. The highest BCUT2D eigenvalue weighted by Crippen LogP contribution is 2.39. The molecule has 62 heavy (non-hydrogen) atoms. The first-order valence-electron chi connectivity index (χ1n) is 20.4. The van der Waals surface area contributed by atoms with Gasteiger partial charge in [-0.05, 0) is 60.7 Å². The Morgan fingerprint density at radius 2 is 0.694 bits per heavy atom. The molecule has 0 atom stereocenters. The van der Waals surface area contributed by atoms with Crippen molar-refractivity contribution in [3.05, 3.63) is 200 Å². The van der Waals surface area contributed by atoms with Gasteiger partial charge >= 0.3 is 0 Å². The molecule has 12 rings (SSSR count). The van der Waals surface area contributed by atoms with Gasteiger partial charge in [-0.1, -0.05) is 140 Å². The van der Waals surface area contributed by atoms with Gasteiger partial charge < -0.3 is 4.57 Å². The van der Waals surface area contributed by atoms with Gasteiger partial charge in [0.15, 0.2) is 34.9 Å². The Kier molecular flexibility index (Phi) is 8.53. The van der Waals surface area contributed by atoms with Crippen molar-refractivity contribution in [3.8, 4) is 74.0 Å². The van der Waals surface area contributed by atoms with Gasteiger partial charge in [0.2, 0.25) is 0 Å². The zero-order valence-electron chi connectivity index (χ0n) is 33.1. The molecule has 8 aromatic carbocycles. The standard InChI is InChI=1S/C54H33N7S/c1-5-15-34(16-6-1)49-55-50(35-17-7-2-8-18-35)57-53(56-49)38-27-30-47-44(32-38)42-28-25-39(33-48(42)62-47)54-59-51(36-19-9-3-10-20-36)58-52(60-54)37-26-29-46-43(31-37)41-23-13-14-24-45(41)61(46)40-21-11-4-12-22-40/h1-33H. The summed E-state index contributed by atoms with van der Waals surface area (Å²) in [4.78, 5) is 30.3. The lowest BCUT2D eigenvalue weighted by molar-refractivity contribution is 1.07. The Labute approximate surface area is 360 Å². The van der Waals surface area contributed by atoms with Crippen molar-refractivity contribution in [1.29, 1.82) is 0 Å². The van der Waals surface area contributed by atoms with Gasteiger partial charge in [-0.3, -0.25) is 0 Å². The predicted octanol–water partition coefficient (Wildman–Crippen LogP) is 13.5. The highest BCUT2D eigenvalue weighted by Gasteiger charge is 2.18. The Balaban J connectivity index is 0.971. The maximum atomic E-state index is 5.19. The highest BCUT2D eigenvalue weighted by atomic mass is 32.1. The van der Waals surface area contributed by atoms with Crippen molar-refractivity contribution >= 4 is 53.3 Å². The van der Waals surface area contributed by atoms with Crippen LogP contribution in [0.1, 0.15) is 0 Å². The van der Waals surface area contributed by atoms with Crippen molar-refractivity contribution in [3.63, 3.8) is 0 Å². The van der Waals surface area contributed by atoms with Gasteiger partial charge in [0.25, 0.3) is 0 Å². The van der Waals surface area contributed by atoms with E-state index < -0.39 is 0 Å². The van der Waals surface area contributed by atoms with E-state index in [1.165, 1.54) is 10.1 Å². The zero-order chi connectivity index (χ0) is 41.0. The zero-order valence-corrected chi connectivity index (χ0v) is 33.9. The normalized spacial score (nSPS) is 11.5. The van der Waals surface area contributed by atoms with Crippen LogP contribution in [0.5, 0.6) is 0 Å². The Morgan fingerprint density at radius 3 is 1.26 bits per heavy atom. The molecule has 7 nitrogen and oxygen atoms in total. The third-order valence-corrected chi connectivity index (χ3v) is 12.4. The molecule has 0 aliphatic carbocycles. The molecule has 0 fully saturated rings. The number of aromatic nitrogens is 7. The molecule has 0 amide bonds. The molecule has 0 aliphatic heterocycles. The minimum Gasteiger partial charge on any atom is -0.309 e. The van der Waals surface area contributed by atoms with E-state index in [0.29, 0.717) is 34.9 Å². The Bertz CT molecular complexity index is 3570. The summed E-state index contributed by atoms with van der Waals surface area (Å²) in [5.41, 5.74) is 8.98. The van der Waals surface area contributed by atoms with Gasteiger partial charge in [0.05, 0.1) is 11.0 Å². The molecule has 8 heteroatoms. The smallest absolute Gasteiger partial charge is 0.164 e. The quantitative estimate of drug-likeness (QED) is 0.159. The summed E-state index contributed by atoms with van der Waals surface area (Å²) < 4.78 is 4.63. The first-order valence-corrected chi connectivity index (χ1v) is 21.3. The number of rotatable bonds is 7. The summed E-state index contributed by atoms with van der Waals surface area (Å²) in [5, 5.41) is 4.60. The minimum atomic E-state index is 0.618. The van der Waals surface area contributed by atoms with Crippen molar-refractivity contribution in [2.24, 2.45) is 0 Å². The van der Waals surface area contributed by atoms with Crippen LogP contribution in [0.2, 0.25) is 0 Å².